The van der Waals surface area contributed by atoms with Crippen molar-refractivity contribution in [2.24, 2.45) is 5.14 Å². The van der Waals surface area contributed by atoms with Crippen LogP contribution in [0.5, 0.6) is 0 Å². The van der Waals surface area contributed by atoms with Crippen molar-refractivity contribution in [3.8, 4) is 16.8 Å². The molecule has 1 amide bonds. The first-order valence-corrected chi connectivity index (χ1v) is 13.1. The van der Waals surface area contributed by atoms with Crippen LogP contribution in [0.4, 0.5) is 11.5 Å². The maximum Gasteiger partial charge on any atom is 0.278 e. The fraction of sp³-hybridized carbons (Fsp3) is 0.115. The number of nitrogens with two attached hydrogens (primary N) is 2. The molecule has 6 rings (SSSR count). The SMILES string of the molecule is Cc1cc(C(=O)N2CCc3cc(-c4ccccc4S(N)(=O)=O)ccc32)nn1-c1ccc2[nH]nc(N)c2c1. The van der Waals surface area contributed by atoms with Crippen molar-refractivity contribution in [1.29, 1.82) is 0 Å². The summed E-state index contributed by atoms with van der Waals surface area (Å²) in [5, 5.41) is 17.7. The van der Waals surface area contributed by atoms with E-state index in [1.807, 2.05) is 43.3 Å². The summed E-state index contributed by atoms with van der Waals surface area (Å²) in [6, 6.07) is 19.6. The monoisotopic (exact) mass is 513 g/mol. The second-order valence-corrected chi connectivity index (χ2v) is 10.5. The third-order valence-corrected chi connectivity index (χ3v) is 7.62. The zero-order valence-electron chi connectivity index (χ0n) is 19.8. The molecular formula is C26H23N7O3S. The third kappa shape index (κ3) is 3.85. The molecule has 0 radical (unpaired) electrons. The molecule has 186 valence electrons. The zero-order valence-corrected chi connectivity index (χ0v) is 20.7. The van der Waals surface area contributed by atoms with Crippen molar-refractivity contribution in [2.75, 3.05) is 17.2 Å². The van der Waals surface area contributed by atoms with Crippen LogP contribution < -0.4 is 15.8 Å². The number of sulfonamides is 1. The minimum absolute atomic E-state index is 0.0669. The number of amides is 1. The average Bonchev–Trinajstić information content (AvgIpc) is 3.59. The van der Waals surface area contributed by atoms with Crippen LogP contribution in [0.2, 0.25) is 0 Å². The number of benzene rings is 3. The van der Waals surface area contributed by atoms with Crippen molar-refractivity contribution < 1.29 is 13.2 Å². The van der Waals surface area contributed by atoms with Gasteiger partial charge in [0.15, 0.2) is 11.5 Å². The Balaban J connectivity index is 1.32. The van der Waals surface area contributed by atoms with E-state index in [9.17, 15) is 13.2 Å². The van der Waals surface area contributed by atoms with E-state index in [0.29, 0.717) is 30.0 Å². The summed E-state index contributed by atoms with van der Waals surface area (Å²) in [6.07, 6.45) is 0.641. The smallest absolute Gasteiger partial charge is 0.278 e. The fourth-order valence-electron chi connectivity index (χ4n) is 4.87. The number of carbonyl (C=O) groups is 1. The summed E-state index contributed by atoms with van der Waals surface area (Å²) >= 11 is 0. The van der Waals surface area contributed by atoms with Gasteiger partial charge in [0.05, 0.1) is 16.1 Å². The number of aromatic amines is 1. The van der Waals surface area contributed by atoms with Gasteiger partial charge in [-0.2, -0.15) is 10.2 Å². The molecule has 5 N–H and O–H groups in total. The molecule has 0 unspecified atom stereocenters. The molecule has 0 bridgehead atoms. The predicted molar refractivity (Wildman–Crippen MR) is 141 cm³/mol. The van der Waals surface area contributed by atoms with Gasteiger partial charge in [-0.3, -0.25) is 9.89 Å². The van der Waals surface area contributed by atoms with E-state index in [1.54, 1.807) is 33.8 Å². The molecule has 11 heteroatoms. The van der Waals surface area contributed by atoms with Crippen molar-refractivity contribution in [2.45, 2.75) is 18.2 Å². The Morgan fingerprint density at radius 2 is 1.86 bits per heavy atom. The highest BCUT2D eigenvalue weighted by Gasteiger charge is 2.28. The van der Waals surface area contributed by atoms with Crippen molar-refractivity contribution in [3.05, 3.63) is 83.7 Å². The number of H-pyrrole nitrogens is 1. The quantitative estimate of drug-likeness (QED) is 0.336. The maximum atomic E-state index is 13.5. The van der Waals surface area contributed by atoms with Gasteiger partial charge < -0.3 is 10.6 Å². The highest BCUT2D eigenvalue weighted by Crippen LogP contribution is 2.35. The van der Waals surface area contributed by atoms with Crippen LogP contribution in [0.3, 0.4) is 0 Å². The highest BCUT2D eigenvalue weighted by atomic mass is 32.2. The lowest BCUT2D eigenvalue weighted by atomic mass is 10.0. The number of nitrogens with one attached hydrogen (secondary N) is 1. The van der Waals surface area contributed by atoms with Gasteiger partial charge in [-0.25, -0.2) is 18.2 Å². The predicted octanol–water partition coefficient (Wildman–Crippen LogP) is 3.16. The molecule has 0 atom stereocenters. The van der Waals surface area contributed by atoms with E-state index in [0.717, 1.165) is 39.1 Å². The van der Waals surface area contributed by atoms with Crippen LogP contribution in [0.15, 0.2) is 71.6 Å². The Bertz CT molecular complexity index is 1820. The largest absolute Gasteiger partial charge is 0.382 e. The van der Waals surface area contributed by atoms with Gasteiger partial charge in [0, 0.05) is 28.9 Å². The van der Waals surface area contributed by atoms with Crippen molar-refractivity contribution >= 4 is 38.3 Å². The number of aryl methyl sites for hydroxylation is 1. The number of primary sulfonamides is 1. The van der Waals surface area contributed by atoms with E-state index in [2.05, 4.69) is 15.3 Å². The molecule has 3 heterocycles. The van der Waals surface area contributed by atoms with Crippen LogP contribution in [0, 0.1) is 6.92 Å². The number of carbonyl (C=O) groups excluding carboxylic acids is 1. The van der Waals surface area contributed by atoms with E-state index in [-0.39, 0.29) is 10.8 Å². The Labute approximate surface area is 212 Å². The molecule has 5 aromatic rings. The molecule has 10 nitrogen and oxygen atoms in total. The molecule has 0 aliphatic carbocycles. The van der Waals surface area contributed by atoms with Crippen molar-refractivity contribution in [3.63, 3.8) is 0 Å². The van der Waals surface area contributed by atoms with Crippen LogP contribution in [0.25, 0.3) is 27.7 Å². The standard InChI is InChI=1S/C26H23N7O3S/c1-15-12-22(31-33(15)18-7-8-21-20(14-18)25(27)30-29-21)26(34)32-11-10-17-13-16(6-9-23(17)32)19-4-2-3-5-24(19)37(28,35)36/h2-9,12-14H,10-11H2,1H3,(H3,27,29,30)(H2,28,35,36). The summed E-state index contributed by atoms with van der Waals surface area (Å²) < 4.78 is 25.8. The lowest BCUT2D eigenvalue weighted by Crippen LogP contribution is -2.29. The van der Waals surface area contributed by atoms with Crippen LogP contribution in [-0.4, -0.2) is 40.8 Å². The molecule has 1 aliphatic rings. The number of fused-ring (bicyclic) bond motifs is 2. The number of hydrogen-bond donors (Lipinski definition) is 3. The first-order chi connectivity index (χ1) is 17.7. The van der Waals surface area contributed by atoms with Gasteiger partial charge >= 0.3 is 0 Å². The third-order valence-electron chi connectivity index (χ3n) is 6.65. The van der Waals surface area contributed by atoms with Crippen LogP contribution in [0.1, 0.15) is 21.7 Å². The zero-order chi connectivity index (χ0) is 25.9. The summed E-state index contributed by atoms with van der Waals surface area (Å²) in [5.74, 6) is 0.194. The van der Waals surface area contributed by atoms with E-state index in [1.165, 1.54) is 6.07 Å². The number of aromatic nitrogens is 4. The fourth-order valence-corrected chi connectivity index (χ4v) is 5.63. The molecular weight excluding hydrogens is 490 g/mol. The number of hydrogen-bond acceptors (Lipinski definition) is 6. The molecule has 2 aromatic heterocycles. The molecule has 0 saturated carbocycles. The van der Waals surface area contributed by atoms with E-state index in [4.69, 9.17) is 10.9 Å². The van der Waals surface area contributed by atoms with Crippen LogP contribution >= 0.6 is 0 Å². The van der Waals surface area contributed by atoms with Gasteiger partial charge in [-0.15, -0.1) is 0 Å². The average molecular weight is 514 g/mol. The number of anilines is 2. The topological polar surface area (TPSA) is 153 Å². The van der Waals surface area contributed by atoms with Gasteiger partial charge in [-0.1, -0.05) is 24.3 Å². The summed E-state index contributed by atoms with van der Waals surface area (Å²) in [7, 11) is -3.88. The first kappa shape index (κ1) is 23.0. The molecule has 0 spiro atoms. The first-order valence-electron chi connectivity index (χ1n) is 11.6. The van der Waals surface area contributed by atoms with Gasteiger partial charge in [0.25, 0.3) is 5.91 Å². The highest BCUT2D eigenvalue weighted by molar-refractivity contribution is 7.89. The molecule has 0 fully saturated rings. The molecule has 3 aromatic carbocycles. The Morgan fingerprint density at radius 3 is 2.68 bits per heavy atom. The maximum absolute atomic E-state index is 13.5. The second kappa shape index (κ2) is 8.29. The van der Waals surface area contributed by atoms with E-state index >= 15 is 0 Å². The van der Waals surface area contributed by atoms with Gasteiger partial charge in [0.2, 0.25) is 10.0 Å². The lowest BCUT2D eigenvalue weighted by Gasteiger charge is -2.16. The van der Waals surface area contributed by atoms with Gasteiger partial charge in [0.1, 0.15) is 0 Å². The van der Waals surface area contributed by atoms with Crippen molar-refractivity contribution in [1.82, 2.24) is 20.0 Å². The minimum atomic E-state index is -3.88. The Hall–Kier alpha value is -4.48. The number of nitrogens with zero attached hydrogens (tertiary/aromatic N) is 4. The van der Waals surface area contributed by atoms with Crippen LogP contribution in [-0.2, 0) is 16.4 Å². The summed E-state index contributed by atoms with van der Waals surface area (Å²) in [6.45, 7) is 2.39. The summed E-state index contributed by atoms with van der Waals surface area (Å²) in [4.78, 5) is 15.3. The van der Waals surface area contributed by atoms with E-state index < -0.39 is 10.0 Å². The second-order valence-electron chi connectivity index (χ2n) is 9.01. The lowest BCUT2D eigenvalue weighted by molar-refractivity contribution is 0.0984. The molecule has 1 aliphatic heterocycles. The Kier molecular flexibility index (Phi) is 5.14. The normalized spacial score (nSPS) is 13.3. The molecule has 37 heavy (non-hydrogen) atoms. The van der Waals surface area contributed by atoms with Gasteiger partial charge in [-0.05, 0) is 66.9 Å². The minimum Gasteiger partial charge on any atom is -0.382 e. The Morgan fingerprint density at radius 1 is 1.05 bits per heavy atom. The number of nitrogen functional groups attached to an aromatic ring is 1. The summed E-state index contributed by atoms with van der Waals surface area (Å²) in [5.41, 5.74) is 11.7. The number of rotatable bonds is 4. The molecule has 0 saturated heterocycles.